The minimum atomic E-state index is -0.412. The lowest BCUT2D eigenvalue weighted by atomic mass is 10.1. The number of halogens is 1. The van der Waals surface area contributed by atoms with Crippen LogP contribution in [-0.2, 0) is 9.53 Å². The number of amides is 1. The molecule has 3 rings (SSSR count). The van der Waals surface area contributed by atoms with Gasteiger partial charge in [0.1, 0.15) is 6.10 Å². The Bertz CT molecular complexity index is 717. The van der Waals surface area contributed by atoms with E-state index in [1.807, 2.05) is 25.1 Å². The number of rotatable bonds is 5. The normalized spacial score (nSPS) is 19.3. The van der Waals surface area contributed by atoms with Crippen molar-refractivity contribution in [2.45, 2.75) is 42.0 Å². The van der Waals surface area contributed by atoms with Crippen LogP contribution in [0.15, 0.2) is 46.7 Å². The lowest BCUT2D eigenvalue weighted by Gasteiger charge is -2.14. The molecule has 1 amide bonds. The second-order valence-corrected chi connectivity index (χ2v) is 6.70. The molecular weight excluding hydrogens is 360 g/mol. The van der Waals surface area contributed by atoms with Gasteiger partial charge in [0.05, 0.1) is 6.10 Å². The highest BCUT2D eigenvalue weighted by Gasteiger charge is 2.30. The first kappa shape index (κ1) is 19.7. The highest BCUT2D eigenvalue weighted by molar-refractivity contribution is 7.99. The molecule has 2 heterocycles. The van der Waals surface area contributed by atoms with Crippen molar-refractivity contribution < 1.29 is 9.53 Å². The monoisotopic (exact) mass is 380 g/mol. The molecule has 0 unspecified atom stereocenters. The number of hydrogen-bond acceptors (Lipinski definition) is 6. The predicted molar refractivity (Wildman–Crippen MR) is 100 cm³/mol. The zero-order valence-corrected chi connectivity index (χ0v) is 15.5. The summed E-state index contributed by atoms with van der Waals surface area (Å²) in [6, 6.07) is 7.64. The molecule has 1 aliphatic heterocycles. The molecule has 2 atom stereocenters. The molecule has 134 valence electrons. The van der Waals surface area contributed by atoms with Gasteiger partial charge >= 0.3 is 0 Å². The van der Waals surface area contributed by atoms with Crippen LogP contribution in [0.2, 0.25) is 0 Å². The topological polar surface area (TPSA) is 90.1 Å². The van der Waals surface area contributed by atoms with Crippen molar-refractivity contribution in [1.29, 1.82) is 0 Å². The smallest absolute Gasteiger partial charge is 0.253 e. The summed E-state index contributed by atoms with van der Waals surface area (Å²) in [6.07, 6.45) is 4.56. The van der Waals surface area contributed by atoms with E-state index in [2.05, 4.69) is 15.3 Å². The lowest BCUT2D eigenvalue weighted by Crippen LogP contribution is -2.30. The van der Waals surface area contributed by atoms with Gasteiger partial charge in [-0.25, -0.2) is 9.97 Å². The second-order valence-electron chi connectivity index (χ2n) is 5.66. The first-order valence-electron chi connectivity index (χ1n) is 7.87. The van der Waals surface area contributed by atoms with E-state index in [1.54, 1.807) is 18.5 Å². The number of ether oxygens (including phenoxy) is 1. The molecule has 25 heavy (non-hydrogen) atoms. The molecule has 2 aromatic rings. The summed E-state index contributed by atoms with van der Waals surface area (Å²) in [5.41, 5.74) is 7.36. The van der Waals surface area contributed by atoms with Crippen molar-refractivity contribution in [3.05, 3.63) is 42.2 Å². The molecule has 1 saturated heterocycles. The molecule has 3 N–H and O–H groups in total. The maximum Gasteiger partial charge on any atom is 0.253 e. The Kier molecular flexibility index (Phi) is 7.19. The molecule has 6 nitrogen and oxygen atoms in total. The number of aromatic nitrogens is 2. The Labute approximate surface area is 157 Å². The third-order valence-electron chi connectivity index (χ3n) is 3.87. The summed E-state index contributed by atoms with van der Waals surface area (Å²) in [4.78, 5) is 21.7. The van der Waals surface area contributed by atoms with Crippen LogP contribution in [0, 0.1) is 6.92 Å². The molecule has 8 heteroatoms. The number of benzene rings is 1. The number of nitrogens with one attached hydrogen (secondary N) is 1. The summed E-state index contributed by atoms with van der Waals surface area (Å²) < 4.78 is 5.63. The maximum absolute atomic E-state index is 12.3. The largest absolute Gasteiger partial charge is 0.364 e. The van der Waals surface area contributed by atoms with Crippen LogP contribution in [0.4, 0.5) is 5.69 Å². The molecule has 1 aromatic heterocycles. The summed E-state index contributed by atoms with van der Waals surface area (Å²) >= 11 is 1.48. The van der Waals surface area contributed by atoms with Crippen molar-refractivity contribution in [3.8, 4) is 0 Å². The predicted octanol–water partition coefficient (Wildman–Crippen LogP) is 2.80. The van der Waals surface area contributed by atoms with E-state index in [4.69, 9.17) is 10.5 Å². The summed E-state index contributed by atoms with van der Waals surface area (Å²) in [7, 11) is 0. The fourth-order valence-corrected chi connectivity index (χ4v) is 3.38. The van der Waals surface area contributed by atoms with E-state index in [9.17, 15) is 4.79 Å². The van der Waals surface area contributed by atoms with Gasteiger partial charge in [-0.15, -0.1) is 12.4 Å². The summed E-state index contributed by atoms with van der Waals surface area (Å²) in [5, 5.41) is 3.64. The van der Waals surface area contributed by atoms with Crippen molar-refractivity contribution >= 4 is 35.8 Å². The van der Waals surface area contributed by atoms with Gasteiger partial charge in [0.25, 0.3) is 5.91 Å². The Balaban J connectivity index is 0.00000225. The quantitative estimate of drug-likeness (QED) is 0.775. The molecule has 1 aromatic carbocycles. The van der Waals surface area contributed by atoms with Gasteiger partial charge in [-0.3, -0.25) is 4.79 Å². The molecular formula is C17H21ClN4O2S. The van der Waals surface area contributed by atoms with E-state index >= 15 is 0 Å². The number of carbonyl (C=O) groups excluding carboxylic acids is 1. The third kappa shape index (κ3) is 5.15. The fraction of sp³-hybridized carbons (Fsp3) is 0.353. The van der Waals surface area contributed by atoms with Crippen LogP contribution < -0.4 is 11.1 Å². The average molecular weight is 381 g/mol. The van der Waals surface area contributed by atoms with Gasteiger partial charge in [0.15, 0.2) is 5.16 Å². The number of carbonyl (C=O) groups is 1. The number of nitrogens with two attached hydrogens (primary N) is 1. The van der Waals surface area contributed by atoms with Crippen LogP contribution in [0.5, 0.6) is 0 Å². The lowest BCUT2D eigenvalue weighted by molar-refractivity contribution is -0.126. The van der Waals surface area contributed by atoms with Gasteiger partial charge < -0.3 is 15.8 Å². The average Bonchev–Trinajstić information content (AvgIpc) is 3.07. The second kappa shape index (κ2) is 9.15. The van der Waals surface area contributed by atoms with E-state index in [0.717, 1.165) is 22.6 Å². The van der Waals surface area contributed by atoms with Gasteiger partial charge in [0.2, 0.25) is 0 Å². The Morgan fingerprint density at radius 1 is 1.36 bits per heavy atom. The van der Waals surface area contributed by atoms with Crippen LogP contribution in [0.1, 0.15) is 18.4 Å². The first-order valence-corrected chi connectivity index (χ1v) is 8.69. The van der Waals surface area contributed by atoms with Gasteiger partial charge in [-0.2, -0.15) is 0 Å². The van der Waals surface area contributed by atoms with E-state index < -0.39 is 6.10 Å². The van der Waals surface area contributed by atoms with Gasteiger partial charge in [-0.1, -0.05) is 0 Å². The SMILES string of the molecule is Cc1cc(Sc2ncccn2)ccc1NC(=O)[C@@H]1CC[C@H](CN)O1.Cl. The molecule has 0 aliphatic carbocycles. The highest BCUT2D eigenvalue weighted by atomic mass is 35.5. The maximum atomic E-state index is 12.3. The van der Waals surface area contributed by atoms with Crippen LogP contribution in [-0.4, -0.2) is 34.6 Å². The van der Waals surface area contributed by atoms with Crippen molar-refractivity contribution in [2.75, 3.05) is 11.9 Å². The molecule has 0 spiro atoms. The molecule has 0 radical (unpaired) electrons. The van der Waals surface area contributed by atoms with Crippen molar-refractivity contribution in [3.63, 3.8) is 0 Å². The summed E-state index contributed by atoms with van der Waals surface area (Å²) in [5.74, 6) is -0.110. The zero-order chi connectivity index (χ0) is 16.9. The molecule has 1 fully saturated rings. The number of hydrogen-bond donors (Lipinski definition) is 2. The summed E-state index contributed by atoms with van der Waals surface area (Å²) in [6.45, 7) is 2.42. The van der Waals surface area contributed by atoms with Crippen LogP contribution >= 0.6 is 24.2 Å². The van der Waals surface area contributed by atoms with E-state index in [0.29, 0.717) is 18.1 Å². The minimum absolute atomic E-state index is 0. The number of nitrogens with zero attached hydrogens (tertiary/aromatic N) is 2. The van der Waals surface area contributed by atoms with Crippen molar-refractivity contribution in [1.82, 2.24) is 9.97 Å². The molecule has 0 bridgehead atoms. The van der Waals surface area contributed by atoms with Crippen molar-refractivity contribution in [2.24, 2.45) is 5.73 Å². The van der Waals surface area contributed by atoms with Crippen LogP contribution in [0.25, 0.3) is 0 Å². The van der Waals surface area contributed by atoms with E-state index in [1.165, 1.54) is 11.8 Å². The highest BCUT2D eigenvalue weighted by Crippen LogP contribution is 2.28. The Hall–Kier alpha value is -1.67. The van der Waals surface area contributed by atoms with Gasteiger partial charge in [0, 0.05) is 29.5 Å². The Morgan fingerprint density at radius 3 is 2.76 bits per heavy atom. The number of anilines is 1. The molecule has 0 saturated carbocycles. The minimum Gasteiger partial charge on any atom is -0.364 e. The zero-order valence-electron chi connectivity index (χ0n) is 13.8. The standard InChI is InChI=1S/C17H20N4O2S.ClH/c1-11-9-13(24-17-19-7-2-8-20-17)4-5-14(11)21-16(22)15-6-3-12(10-18)23-15;/h2,4-5,7-9,12,15H,3,6,10,18H2,1H3,(H,21,22);1H/t12-,15+;/m1./s1. The molecule has 1 aliphatic rings. The van der Waals surface area contributed by atoms with Crippen LogP contribution in [0.3, 0.4) is 0 Å². The fourth-order valence-electron chi connectivity index (χ4n) is 2.57. The Morgan fingerprint density at radius 2 is 2.12 bits per heavy atom. The number of aryl methyl sites for hydroxylation is 1. The third-order valence-corrected chi connectivity index (χ3v) is 4.75. The van der Waals surface area contributed by atoms with E-state index in [-0.39, 0.29) is 24.4 Å². The van der Waals surface area contributed by atoms with Gasteiger partial charge in [-0.05, 0) is 61.4 Å². The first-order chi connectivity index (χ1) is 11.7.